The van der Waals surface area contributed by atoms with Gasteiger partial charge in [-0.1, -0.05) is 6.07 Å². The predicted octanol–water partition coefficient (Wildman–Crippen LogP) is 3.22. The average molecular weight is 399 g/mol. The van der Waals surface area contributed by atoms with E-state index in [0.717, 1.165) is 0 Å². The zero-order valence-corrected chi connectivity index (χ0v) is 14.9. The number of carbonyl (C=O) groups is 1. The van der Waals surface area contributed by atoms with E-state index >= 15 is 0 Å². The van der Waals surface area contributed by atoms with E-state index in [1.807, 2.05) is 0 Å². The molecule has 23 heavy (non-hydrogen) atoms. The molecular weight excluding hydrogens is 384 g/mol. The molecule has 0 unspecified atom stereocenters. The van der Waals surface area contributed by atoms with Crippen LogP contribution in [0.5, 0.6) is 5.75 Å². The van der Waals surface area contributed by atoms with Crippen LogP contribution in [0.15, 0.2) is 51.8 Å². The summed E-state index contributed by atoms with van der Waals surface area (Å²) in [6.07, 6.45) is 0. The van der Waals surface area contributed by atoms with Crippen LogP contribution in [-0.2, 0) is 14.8 Å². The highest BCUT2D eigenvalue weighted by molar-refractivity contribution is 9.10. The molecule has 6 nitrogen and oxygen atoms in total. The van der Waals surface area contributed by atoms with Crippen molar-refractivity contribution in [2.75, 3.05) is 17.1 Å². The number of benzene rings is 2. The molecule has 2 rings (SSSR count). The molecule has 2 N–H and O–H groups in total. The van der Waals surface area contributed by atoms with Gasteiger partial charge in [-0.3, -0.25) is 9.52 Å². The summed E-state index contributed by atoms with van der Waals surface area (Å²) in [5.41, 5.74) is 0.858. The molecule has 0 aliphatic rings. The fourth-order valence-corrected chi connectivity index (χ4v) is 3.66. The number of anilines is 2. The van der Waals surface area contributed by atoms with Crippen LogP contribution in [0.3, 0.4) is 0 Å². The summed E-state index contributed by atoms with van der Waals surface area (Å²) in [4.78, 5) is 11.2. The molecule has 1 amide bonds. The second-order valence-corrected chi connectivity index (χ2v) is 7.20. The minimum atomic E-state index is -3.75. The molecule has 0 atom stereocenters. The van der Waals surface area contributed by atoms with Crippen molar-refractivity contribution in [2.45, 2.75) is 11.8 Å². The molecule has 0 aliphatic heterocycles. The second kappa shape index (κ2) is 7.01. The highest BCUT2D eigenvalue weighted by atomic mass is 79.9. The Bertz CT molecular complexity index is 837. The minimum Gasteiger partial charge on any atom is -0.496 e. The van der Waals surface area contributed by atoms with Crippen LogP contribution in [0.4, 0.5) is 11.4 Å². The first kappa shape index (κ1) is 17.3. The molecule has 0 radical (unpaired) electrons. The van der Waals surface area contributed by atoms with E-state index in [2.05, 4.69) is 26.0 Å². The van der Waals surface area contributed by atoms with Crippen molar-refractivity contribution in [3.8, 4) is 5.75 Å². The maximum absolute atomic E-state index is 12.4. The third-order valence-corrected chi connectivity index (χ3v) is 4.87. The smallest absolute Gasteiger partial charge is 0.261 e. The summed E-state index contributed by atoms with van der Waals surface area (Å²) < 4.78 is 32.9. The van der Waals surface area contributed by atoms with Crippen LogP contribution >= 0.6 is 15.9 Å². The monoisotopic (exact) mass is 398 g/mol. The highest BCUT2D eigenvalue weighted by Crippen LogP contribution is 2.28. The van der Waals surface area contributed by atoms with E-state index in [9.17, 15) is 13.2 Å². The molecule has 0 heterocycles. The van der Waals surface area contributed by atoms with E-state index in [-0.39, 0.29) is 10.8 Å². The maximum Gasteiger partial charge on any atom is 0.261 e. The molecule has 2 aromatic rings. The molecule has 0 aliphatic carbocycles. The van der Waals surface area contributed by atoms with Crippen molar-refractivity contribution in [3.05, 3.63) is 46.9 Å². The van der Waals surface area contributed by atoms with Gasteiger partial charge in [-0.15, -0.1) is 0 Å². The lowest BCUT2D eigenvalue weighted by atomic mass is 10.3. The van der Waals surface area contributed by atoms with Gasteiger partial charge >= 0.3 is 0 Å². The SMILES string of the molecule is COc1ccc(S(=O)(=O)Nc2cccc(NC(C)=O)c2)cc1Br. The van der Waals surface area contributed by atoms with Crippen molar-refractivity contribution < 1.29 is 17.9 Å². The van der Waals surface area contributed by atoms with Crippen LogP contribution < -0.4 is 14.8 Å². The minimum absolute atomic E-state index is 0.0927. The van der Waals surface area contributed by atoms with Gasteiger partial charge in [0.05, 0.1) is 22.2 Å². The van der Waals surface area contributed by atoms with Crippen LogP contribution in [0, 0.1) is 0 Å². The second-order valence-electron chi connectivity index (χ2n) is 4.66. The van der Waals surface area contributed by atoms with Crippen molar-refractivity contribution in [1.82, 2.24) is 0 Å². The normalized spacial score (nSPS) is 10.9. The van der Waals surface area contributed by atoms with E-state index in [1.165, 1.54) is 32.2 Å². The quantitative estimate of drug-likeness (QED) is 0.809. The predicted molar refractivity (Wildman–Crippen MR) is 92.2 cm³/mol. The number of halogens is 1. The lowest BCUT2D eigenvalue weighted by molar-refractivity contribution is -0.114. The molecule has 0 fully saturated rings. The molecule has 2 aromatic carbocycles. The Labute approximate surface area is 143 Å². The van der Waals surface area contributed by atoms with Crippen molar-refractivity contribution in [3.63, 3.8) is 0 Å². The summed E-state index contributed by atoms with van der Waals surface area (Å²) >= 11 is 3.26. The molecule has 8 heteroatoms. The number of ether oxygens (including phenoxy) is 1. The lowest BCUT2D eigenvalue weighted by Gasteiger charge is -2.11. The number of nitrogens with one attached hydrogen (secondary N) is 2. The third-order valence-electron chi connectivity index (χ3n) is 2.87. The van der Waals surface area contributed by atoms with Gasteiger partial charge in [0.15, 0.2) is 0 Å². The van der Waals surface area contributed by atoms with Crippen LogP contribution in [-0.4, -0.2) is 21.4 Å². The van der Waals surface area contributed by atoms with Gasteiger partial charge in [0.25, 0.3) is 10.0 Å². The van der Waals surface area contributed by atoms with E-state index in [1.54, 1.807) is 24.3 Å². The van der Waals surface area contributed by atoms with Gasteiger partial charge in [0, 0.05) is 12.6 Å². The summed E-state index contributed by atoms with van der Waals surface area (Å²) in [5.74, 6) is 0.306. The molecule has 0 saturated heterocycles. The Morgan fingerprint density at radius 3 is 2.43 bits per heavy atom. The number of amides is 1. The molecule has 0 bridgehead atoms. The fourth-order valence-electron chi connectivity index (χ4n) is 1.89. The first-order valence-corrected chi connectivity index (χ1v) is 8.83. The first-order chi connectivity index (χ1) is 10.8. The van der Waals surface area contributed by atoms with Crippen molar-refractivity contribution in [2.24, 2.45) is 0 Å². The van der Waals surface area contributed by atoms with Crippen LogP contribution in [0.25, 0.3) is 0 Å². The van der Waals surface area contributed by atoms with Gasteiger partial charge in [-0.05, 0) is 52.3 Å². The number of hydrogen-bond acceptors (Lipinski definition) is 4. The van der Waals surface area contributed by atoms with Crippen molar-refractivity contribution in [1.29, 1.82) is 0 Å². The molecule has 122 valence electrons. The number of sulfonamides is 1. The summed E-state index contributed by atoms with van der Waals surface area (Å²) in [6.45, 7) is 1.38. The summed E-state index contributed by atoms with van der Waals surface area (Å²) in [7, 11) is -2.25. The number of methoxy groups -OCH3 is 1. The van der Waals surface area contributed by atoms with Gasteiger partial charge in [0.2, 0.25) is 5.91 Å². The zero-order valence-electron chi connectivity index (χ0n) is 12.5. The van der Waals surface area contributed by atoms with Gasteiger partial charge in [-0.2, -0.15) is 0 Å². The van der Waals surface area contributed by atoms with Gasteiger partial charge < -0.3 is 10.1 Å². The highest BCUT2D eigenvalue weighted by Gasteiger charge is 2.16. The Hall–Kier alpha value is -2.06. The molecular formula is C15H15BrN2O4S. The first-order valence-electron chi connectivity index (χ1n) is 6.56. The maximum atomic E-state index is 12.4. The Morgan fingerprint density at radius 2 is 1.83 bits per heavy atom. The number of carbonyl (C=O) groups excluding carboxylic acids is 1. The van der Waals surface area contributed by atoms with Crippen LogP contribution in [0.2, 0.25) is 0 Å². The van der Waals surface area contributed by atoms with Crippen molar-refractivity contribution >= 4 is 43.2 Å². The fraction of sp³-hybridized carbons (Fsp3) is 0.133. The topological polar surface area (TPSA) is 84.5 Å². The Kier molecular flexibility index (Phi) is 5.27. The largest absolute Gasteiger partial charge is 0.496 e. The lowest BCUT2D eigenvalue weighted by Crippen LogP contribution is -2.13. The molecule has 0 aromatic heterocycles. The number of hydrogen-bond donors (Lipinski definition) is 2. The summed E-state index contributed by atoms with van der Waals surface area (Å²) in [5, 5.41) is 2.60. The van der Waals surface area contributed by atoms with Gasteiger partial charge in [0.1, 0.15) is 5.75 Å². The standard InChI is InChI=1S/C15H15BrN2O4S/c1-10(19)17-11-4-3-5-12(8-11)18-23(20,21)13-6-7-15(22-2)14(16)9-13/h3-9,18H,1-2H3,(H,17,19). The zero-order chi connectivity index (χ0) is 17.0. The molecule has 0 spiro atoms. The Morgan fingerprint density at radius 1 is 1.13 bits per heavy atom. The van der Waals surface area contributed by atoms with E-state index in [0.29, 0.717) is 21.6 Å². The molecule has 0 saturated carbocycles. The van der Waals surface area contributed by atoms with Gasteiger partial charge in [-0.25, -0.2) is 8.42 Å². The Balaban J connectivity index is 2.27. The average Bonchev–Trinajstić information content (AvgIpc) is 2.46. The third kappa shape index (κ3) is 4.46. The van der Waals surface area contributed by atoms with E-state index < -0.39 is 10.0 Å². The number of rotatable bonds is 5. The van der Waals surface area contributed by atoms with Crippen LogP contribution in [0.1, 0.15) is 6.92 Å². The summed E-state index contributed by atoms with van der Waals surface area (Å²) in [6, 6.07) is 10.9. The van der Waals surface area contributed by atoms with E-state index in [4.69, 9.17) is 4.74 Å².